The first-order valence-corrected chi connectivity index (χ1v) is 13.5. The molecule has 1 aromatic carbocycles. The molecule has 1 fully saturated rings. The van der Waals surface area contributed by atoms with Gasteiger partial charge in [-0.3, -0.25) is 0 Å². The SMILES string of the molecule is C=C(C)c1ccc(O)c(O)c1.C=C1C(CC)C1CN.CCCN(CCC)c1nsc2c1C=CCC2. The van der Waals surface area contributed by atoms with Gasteiger partial charge < -0.3 is 20.8 Å². The molecule has 0 aliphatic heterocycles. The zero-order chi connectivity index (χ0) is 26.0. The van der Waals surface area contributed by atoms with Crippen molar-refractivity contribution >= 4 is 29.0 Å². The number of aryl methyl sites for hydroxylation is 1. The number of aromatic hydroxyl groups is 2. The fourth-order valence-electron chi connectivity index (χ4n) is 4.27. The minimum Gasteiger partial charge on any atom is -0.504 e. The highest BCUT2D eigenvalue weighted by molar-refractivity contribution is 7.06. The Morgan fingerprint density at radius 2 is 1.83 bits per heavy atom. The van der Waals surface area contributed by atoms with Crippen molar-refractivity contribution < 1.29 is 10.2 Å². The van der Waals surface area contributed by atoms with E-state index in [9.17, 15) is 0 Å². The highest BCUT2D eigenvalue weighted by Gasteiger charge is 2.38. The second kappa shape index (κ2) is 14.1. The molecule has 2 aliphatic carbocycles. The summed E-state index contributed by atoms with van der Waals surface area (Å²) in [6.07, 6.45) is 10.5. The van der Waals surface area contributed by atoms with Gasteiger partial charge in [0.2, 0.25) is 0 Å². The number of rotatable bonds is 8. The molecule has 2 aliphatic rings. The van der Waals surface area contributed by atoms with Crippen LogP contribution >= 0.6 is 11.5 Å². The summed E-state index contributed by atoms with van der Waals surface area (Å²) in [4.78, 5) is 3.90. The second-order valence-electron chi connectivity index (χ2n) is 9.19. The predicted molar refractivity (Wildman–Crippen MR) is 152 cm³/mol. The van der Waals surface area contributed by atoms with Gasteiger partial charge in [-0.15, -0.1) is 0 Å². The molecular formula is C29H43N3O2S. The molecule has 1 saturated carbocycles. The van der Waals surface area contributed by atoms with Gasteiger partial charge >= 0.3 is 0 Å². The molecule has 4 rings (SSSR count). The molecule has 1 heterocycles. The number of aromatic nitrogens is 1. The van der Waals surface area contributed by atoms with E-state index in [0.717, 1.165) is 36.7 Å². The quantitative estimate of drug-likeness (QED) is 0.270. The van der Waals surface area contributed by atoms with Crippen LogP contribution in [0.2, 0.25) is 0 Å². The molecule has 6 heteroatoms. The van der Waals surface area contributed by atoms with Gasteiger partial charge in [0.05, 0.1) is 0 Å². The van der Waals surface area contributed by atoms with Gasteiger partial charge in [-0.25, -0.2) is 0 Å². The molecule has 2 aromatic rings. The molecule has 0 bridgehead atoms. The third-order valence-electron chi connectivity index (χ3n) is 6.38. The van der Waals surface area contributed by atoms with Crippen molar-refractivity contribution in [1.29, 1.82) is 0 Å². The Bertz CT molecular complexity index is 993. The Balaban J connectivity index is 0.000000198. The summed E-state index contributed by atoms with van der Waals surface area (Å²) in [5.41, 5.74) is 9.88. The van der Waals surface area contributed by atoms with Gasteiger partial charge in [0.1, 0.15) is 5.82 Å². The summed E-state index contributed by atoms with van der Waals surface area (Å²) in [6, 6.07) is 4.63. The molecule has 2 unspecified atom stereocenters. The van der Waals surface area contributed by atoms with E-state index >= 15 is 0 Å². The van der Waals surface area contributed by atoms with Crippen LogP contribution in [0, 0.1) is 11.8 Å². The Kier molecular flexibility index (Phi) is 11.5. The Morgan fingerprint density at radius 1 is 1.14 bits per heavy atom. The molecule has 1 aromatic heterocycles. The van der Waals surface area contributed by atoms with Crippen LogP contribution in [-0.4, -0.2) is 34.2 Å². The van der Waals surface area contributed by atoms with E-state index in [4.69, 9.17) is 15.9 Å². The van der Waals surface area contributed by atoms with E-state index in [2.05, 4.69) is 55.4 Å². The van der Waals surface area contributed by atoms with Crippen molar-refractivity contribution in [1.82, 2.24) is 4.37 Å². The van der Waals surface area contributed by atoms with E-state index in [1.807, 2.05) is 6.92 Å². The first-order chi connectivity index (χ1) is 16.8. The van der Waals surface area contributed by atoms with Crippen LogP contribution in [0.25, 0.3) is 11.6 Å². The van der Waals surface area contributed by atoms with Crippen molar-refractivity contribution in [3.8, 4) is 11.5 Å². The van der Waals surface area contributed by atoms with E-state index in [-0.39, 0.29) is 11.5 Å². The molecule has 0 saturated heterocycles. The second-order valence-corrected chi connectivity index (χ2v) is 10.0. The summed E-state index contributed by atoms with van der Waals surface area (Å²) in [7, 11) is 0. The number of allylic oxidation sites excluding steroid dienone is 2. The lowest BCUT2D eigenvalue weighted by molar-refractivity contribution is 0.403. The van der Waals surface area contributed by atoms with Crippen LogP contribution in [0.4, 0.5) is 5.82 Å². The number of hydrogen-bond donors (Lipinski definition) is 3. The van der Waals surface area contributed by atoms with Crippen LogP contribution in [0.1, 0.15) is 69.4 Å². The van der Waals surface area contributed by atoms with E-state index in [1.54, 1.807) is 17.6 Å². The lowest BCUT2D eigenvalue weighted by atomic mass is 10.1. The smallest absolute Gasteiger partial charge is 0.157 e. The lowest BCUT2D eigenvalue weighted by Crippen LogP contribution is -2.25. The highest BCUT2D eigenvalue weighted by atomic mass is 32.1. The molecule has 0 spiro atoms. The molecular weight excluding hydrogens is 454 g/mol. The number of fused-ring (bicyclic) bond motifs is 1. The zero-order valence-electron chi connectivity index (χ0n) is 21.9. The highest BCUT2D eigenvalue weighted by Crippen LogP contribution is 2.45. The van der Waals surface area contributed by atoms with Crippen molar-refractivity contribution in [2.75, 3.05) is 24.5 Å². The van der Waals surface area contributed by atoms with E-state index < -0.39 is 0 Å². The van der Waals surface area contributed by atoms with Crippen molar-refractivity contribution in [2.24, 2.45) is 17.6 Å². The minimum absolute atomic E-state index is 0.102. The fraction of sp³-hybridized carbons (Fsp3) is 0.483. The van der Waals surface area contributed by atoms with Crippen LogP contribution in [0.5, 0.6) is 11.5 Å². The first-order valence-electron chi connectivity index (χ1n) is 12.7. The monoisotopic (exact) mass is 497 g/mol. The number of nitrogens with two attached hydrogens (primary N) is 1. The topological polar surface area (TPSA) is 82.6 Å². The number of phenols is 2. The van der Waals surface area contributed by atoms with Gasteiger partial charge in [0.15, 0.2) is 11.5 Å². The summed E-state index contributed by atoms with van der Waals surface area (Å²) in [5.74, 6) is 2.44. The van der Waals surface area contributed by atoms with Crippen molar-refractivity contribution in [3.05, 3.63) is 59.0 Å². The molecule has 0 radical (unpaired) electrons. The van der Waals surface area contributed by atoms with Crippen molar-refractivity contribution in [2.45, 2.75) is 59.8 Å². The maximum Gasteiger partial charge on any atom is 0.157 e. The molecule has 5 nitrogen and oxygen atoms in total. The minimum atomic E-state index is -0.106. The van der Waals surface area contributed by atoms with Crippen molar-refractivity contribution in [3.63, 3.8) is 0 Å². The Morgan fingerprint density at radius 3 is 2.31 bits per heavy atom. The molecule has 35 heavy (non-hydrogen) atoms. The first kappa shape index (κ1) is 28.7. The van der Waals surface area contributed by atoms with Crippen LogP contribution < -0.4 is 10.6 Å². The van der Waals surface area contributed by atoms with Gasteiger partial charge in [-0.05, 0) is 86.6 Å². The van der Waals surface area contributed by atoms with Crippen LogP contribution in [0.15, 0.2) is 43.0 Å². The fourth-order valence-corrected chi connectivity index (χ4v) is 5.15. The van der Waals surface area contributed by atoms with Gasteiger partial charge in [0, 0.05) is 23.5 Å². The summed E-state index contributed by atoms with van der Waals surface area (Å²) in [5, 5.41) is 18.0. The van der Waals surface area contributed by atoms with Gasteiger partial charge in [-0.2, -0.15) is 4.37 Å². The van der Waals surface area contributed by atoms with E-state index in [1.165, 1.54) is 66.1 Å². The average Bonchev–Trinajstić information content (AvgIpc) is 3.29. The molecule has 0 amide bonds. The van der Waals surface area contributed by atoms with E-state index in [0.29, 0.717) is 5.92 Å². The van der Waals surface area contributed by atoms with Crippen LogP contribution in [-0.2, 0) is 6.42 Å². The average molecular weight is 498 g/mol. The summed E-state index contributed by atoms with van der Waals surface area (Å²) in [6.45, 7) is 19.1. The number of phenolic OH excluding ortho intramolecular Hbond substituents is 2. The third-order valence-corrected chi connectivity index (χ3v) is 7.29. The molecule has 4 N–H and O–H groups in total. The Labute approximate surface area is 215 Å². The number of benzene rings is 1. The normalized spacial score (nSPS) is 17.5. The summed E-state index contributed by atoms with van der Waals surface area (Å²) < 4.78 is 4.65. The predicted octanol–water partition coefficient (Wildman–Crippen LogP) is 7.02. The zero-order valence-corrected chi connectivity index (χ0v) is 22.7. The molecule has 192 valence electrons. The maximum atomic E-state index is 9.06. The standard InChI is InChI=1S/C13H20N2S.C9H10O2.C7H13N/c1-3-9-15(10-4-2)13-11-7-5-6-8-12(11)16-14-13;1-6(2)7-3-4-8(10)9(11)5-7;1-3-6-5(2)7(6)4-8/h5,7H,3-4,6,8-10H2,1-2H3;3-5,10-11H,1H2,2H3;6-7H,2-4,8H2,1H3. The summed E-state index contributed by atoms with van der Waals surface area (Å²) >= 11 is 1.69. The number of anilines is 1. The molecule has 2 atom stereocenters. The maximum absolute atomic E-state index is 9.06. The Hall–Kier alpha value is -2.57. The van der Waals surface area contributed by atoms with Gasteiger partial charge in [0.25, 0.3) is 0 Å². The van der Waals surface area contributed by atoms with Gasteiger partial charge in [-0.1, -0.05) is 63.3 Å². The van der Waals surface area contributed by atoms with Crippen LogP contribution in [0.3, 0.4) is 0 Å². The number of hydrogen-bond acceptors (Lipinski definition) is 6. The largest absolute Gasteiger partial charge is 0.504 e. The lowest BCUT2D eigenvalue weighted by Gasteiger charge is -2.22. The number of nitrogens with zero attached hydrogens (tertiary/aromatic N) is 2. The third kappa shape index (κ3) is 7.97.